The summed E-state index contributed by atoms with van der Waals surface area (Å²) in [6, 6.07) is 13.8. The van der Waals surface area contributed by atoms with E-state index in [4.69, 9.17) is 4.74 Å². The summed E-state index contributed by atoms with van der Waals surface area (Å²) in [5.41, 5.74) is 0. The Morgan fingerprint density at radius 1 is 1.20 bits per heavy atom. The van der Waals surface area contributed by atoms with Crippen molar-refractivity contribution in [3.8, 4) is 5.75 Å². The third kappa shape index (κ3) is 7.18. The largest absolute Gasteiger partial charge is 0.486 e. The van der Waals surface area contributed by atoms with Crippen molar-refractivity contribution in [2.75, 3.05) is 12.3 Å². The van der Waals surface area contributed by atoms with Gasteiger partial charge < -0.3 is 14.6 Å². The molecule has 2 heterocycles. The van der Waals surface area contributed by atoms with Gasteiger partial charge in [0, 0.05) is 18.0 Å². The van der Waals surface area contributed by atoms with Crippen LogP contribution in [0.5, 0.6) is 5.75 Å². The molecule has 0 aliphatic heterocycles. The highest BCUT2D eigenvalue weighted by Crippen LogP contribution is 2.20. The van der Waals surface area contributed by atoms with Crippen LogP contribution in [-0.4, -0.2) is 33.0 Å². The van der Waals surface area contributed by atoms with Gasteiger partial charge in [0.1, 0.15) is 12.4 Å². The molecule has 1 amide bonds. The molecule has 0 unspecified atom stereocenters. The van der Waals surface area contributed by atoms with Crippen LogP contribution in [0.1, 0.15) is 31.0 Å². The summed E-state index contributed by atoms with van der Waals surface area (Å²) in [7, 11) is 0. The highest BCUT2D eigenvalue weighted by atomic mass is 32.2. The molecule has 2 aromatic heterocycles. The number of carbonyl (C=O) groups excluding carboxylic acids is 1. The van der Waals surface area contributed by atoms with Crippen molar-refractivity contribution >= 4 is 29.0 Å². The summed E-state index contributed by atoms with van der Waals surface area (Å²) in [5.74, 6) is 2.48. The Bertz CT molecular complexity index is 895. The zero-order valence-corrected chi connectivity index (χ0v) is 19.0. The fourth-order valence-electron chi connectivity index (χ4n) is 2.77. The minimum Gasteiger partial charge on any atom is -0.486 e. The smallest absolute Gasteiger partial charge is 0.230 e. The maximum Gasteiger partial charge on any atom is 0.230 e. The fourth-order valence-corrected chi connectivity index (χ4v) is 4.29. The third-order valence-corrected chi connectivity index (χ3v) is 6.34. The Hall–Kier alpha value is -2.32. The minimum atomic E-state index is 0.0112. The molecule has 160 valence electrons. The average Bonchev–Trinajstić information content (AvgIpc) is 3.39. The number of benzene rings is 1. The van der Waals surface area contributed by atoms with Crippen molar-refractivity contribution in [1.29, 1.82) is 0 Å². The summed E-state index contributed by atoms with van der Waals surface area (Å²) in [4.78, 5) is 13.5. The SMILES string of the molecule is CC(C)CCn1c(COc2ccccc2)nnc1SCC(=O)NCCc1cccs1. The van der Waals surface area contributed by atoms with E-state index < -0.39 is 0 Å². The van der Waals surface area contributed by atoms with Crippen molar-refractivity contribution in [2.24, 2.45) is 5.92 Å². The summed E-state index contributed by atoms with van der Waals surface area (Å²) in [6.07, 6.45) is 1.87. The maximum atomic E-state index is 12.2. The van der Waals surface area contributed by atoms with E-state index in [1.54, 1.807) is 11.3 Å². The van der Waals surface area contributed by atoms with E-state index in [1.807, 2.05) is 36.4 Å². The number of hydrogen-bond acceptors (Lipinski definition) is 6. The van der Waals surface area contributed by atoms with Crippen LogP contribution in [0.3, 0.4) is 0 Å². The van der Waals surface area contributed by atoms with Crippen LogP contribution in [0, 0.1) is 5.92 Å². The van der Waals surface area contributed by atoms with Gasteiger partial charge in [-0.3, -0.25) is 4.79 Å². The van der Waals surface area contributed by atoms with E-state index in [0.717, 1.165) is 36.1 Å². The summed E-state index contributed by atoms with van der Waals surface area (Å²) < 4.78 is 7.93. The highest BCUT2D eigenvalue weighted by Gasteiger charge is 2.15. The number of para-hydroxylation sites is 1. The molecule has 0 spiro atoms. The first-order valence-corrected chi connectivity index (χ1v) is 12.0. The number of thioether (sulfide) groups is 1. The van der Waals surface area contributed by atoms with Crippen LogP contribution >= 0.6 is 23.1 Å². The molecular formula is C22H28N4O2S2. The quantitative estimate of drug-likeness (QED) is 0.419. The second kappa shape index (κ2) is 11.8. The van der Waals surface area contributed by atoms with E-state index in [1.165, 1.54) is 16.6 Å². The summed E-state index contributed by atoms with van der Waals surface area (Å²) in [6.45, 7) is 6.19. The van der Waals surface area contributed by atoms with Gasteiger partial charge in [-0.25, -0.2) is 0 Å². The van der Waals surface area contributed by atoms with Crippen LogP contribution in [0.15, 0.2) is 53.0 Å². The molecule has 30 heavy (non-hydrogen) atoms. The Morgan fingerprint density at radius 3 is 2.77 bits per heavy atom. The van der Waals surface area contributed by atoms with Crippen molar-refractivity contribution in [3.63, 3.8) is 0 Å². The van der Waals surface area contributed by atoms with Crippen LogP contribution in [0.4, 0.5) is 0 Å². The van der Waals surface area contributed by atoms with Gasteiger partial charge in [0.15, 0.2) is 11.0 Å². The Morgan fingerprint density at radius 2 is 2.03 bits per heavy atom. The highest BCUT2D eigenvalue weighted by molar-refractivity contribution is 7.99. The van der Waals surface area contributed by atoms with Gasteiger partial charge in [-0.15, -0.1) is 21.5 Å². The van der Waals surface area contributed by atoms with E-state index in [9.17, 15) is 4.79 Å². The van der Waals surface area contributed by atoms with Gasteiger partial charge in [0.2, 0.25) is 5.91 Å². The van der Waals surface area contributed by atoms with Crippen LogP contribution < -0.4 is 10.1 Å². The molecule has 1 N–H and O–H groups in total. The number of hydrogen-bond donors (Lipinski definition) is 1. The molecule has 3 aromatic rings. The van der Waals surface area contributed by atoms with Crippen molar-refractivity contribution < 1.29 is 9.53 Å². The second-order valence-electron chi connectivity index (χ2n) is 7.30. The zero-order valence-electron chi connectivity index (χ0n) is 17.4. The number of nitrogens with zero attached hydrogens (tertiary/aromatic N) is 3. The molecule has 8 heteroatoms. The number of ether oxygens (including phenoxy) is 1. The normalized spacial score (nSPS) is 11.0. The van der Waals surface area contributed by atoms with Crippen molar-refractivity contribution in [1.82, 2.24) is 20.1 Å². The predicted molar refractivity (Wildman–Crippen MR) is 122 cm³/mol. The number of rotatable bonds is 12. The van der Waals surface area contributed by atoms with Gasteiger partial charge in [0.25, 0.3) is 0 Å². The number of aromatic nitrogens is 3. The van der Waals surface area contributed by atoms with E-state index in [-0.39, 0.29) is 5.91 Å². The zero-order chi connectivity index (χ0) is 21.2. The van der Waals surface area contributed by atoms with Gasteiger partial charge in [-0.05, 0) is 42.3 Å². The standard InChI is InChI=1S/C22H28N4O2S2/c1-17(2)11-13-26-20(15-28-18-7-4-3-5-8-18)24-25-22(26)30-16-21(27)23-12-10-19-9-6-14-29-19/h3-9,14,17H,10-13,15-16H2,1-2H3,(H,23,27). The van der Waals surface area contributed by atoms with Gasteiger partial charge in [-0.1, -0.05) is 49.9 Å². The maximum absolute atomic E-state index is 12.2. The Balaban J connectivity index is 1.54. The predicted octanol–water partition coefficient (Wildman–Crippen LogP) is 4.42. The lowest BCUT2D eigenvalue weighted by atomic mass is 10.1. The Labute approximate surface area is 186 Å². The Kier molecular flexibility index (Phi) is 8.77. The third-order valence-electron chi connectivity index (χ3n) is 4.44. The van der Waals surface area contributed by atoms with E-state index in [2.05, 4.69) is 45.4 Å². The minimum absolute atomic E-state index is 0.0112. The molecule has 0 bridgehead atoms. The topological polar surface area (TPSA) is 69.0 Å². The second-order valence-corrected chi connectivity index (χ2v) is 9.28. The van der Waals surface area contributed by atoms with E-state index >= 15 is 0 Å². The molecule has 0 aliphatic carbocycles. The summed E-state index contributed by atoms with van der Waals surface area (Å²) >= 11 is 3.13. The fraction of sp³-hybridized carbons (Fsp3) is 0.409. The van der Waals surface area contributed by atoms with E-state index in [0.29, 0.717) is 24.8 Å². The van der Waals surface area contributed by atoms with Gasteiger partial charge in [0.05, 0.1) is 5.75 Å². The van der Waals surface area contributed by atoms with Crippen LogP contribution in [0.2, 0.25) is 0 Å². The molecule has 1 aromatic carbocycles. The molecule has 6 nitrogen and oxygen atoms in total. The van der Waals surface area contributed by atoms with Crippen LogP contribution in [-0.2, 0) is 24.4 Å². The molecule has 0 saturated heterocycles. The molecular weight excluding hydrogens is 416 g/mol. The molecule has 3 rings (SSSR count). The first kappa shape index (κ1) is 22.4. The van der Waals surface area contributed by atoms with Crippen molar-refractivity contribution in [2.45, 2.75) is 45.0 Å². The lowest BCUT2D eigenvalue weighted by Crippen LogP contribution is -2.27. The molecule has 0 radical (unpaired) electrons. The first-order chi connectivity index (χ1) is 14.6. The number of thiophene rings is 1. The monoisotopic (exact) mass is 444 g/mol. The van der Waals surface area contributed by atoms with Gasteiger partial charge >= 0.3 is 0 Å². The van der Waals surface area contributed by atoms with Crippen molar-refractivity contribution in [3.05, 3.63) is 58.5 Å². The number of carbonyl (C=O) groups is 1. The number of nitrogens with one attached hydrogen (secondary N) is 1. The molecule has 0 fully saturated rings. The molecule has 0 saturated carbocycles. The average molecular weight is 445 g/mol. The summed E-state index contributed by atoms with van der Waals surface area (Å²) in [5, 5.41) is 14.4. The molecule has 0 aliphatic rings. The lowest BCUT2D eigenvalue weighted by molar-refractivity contribution is -0.118. The first-order valence-electron chi connectivity index (χ1n) is 10.1. The van der Waals surface area contributed by atoms with Gasteiger partial charge in [-0.2, -0.15) is 0 Å². The lowest BCUT2D eigenvalue weighted by Gasteiger charge is -2.12. The molecule has 0 atom stereocenters. The number of amides is 1. The van der Waals surface area contributed by atoms with Crippen LogP contribution in [0.25, 0.3) is 0 Å².